The van der Waals surface area contributed by atoms with Crippen LogP contribution < -0.4 is 68.9 Å². The summed E-state index contributed by atoms with van der Waals surface area (Å²) in [7, 11) is -5.10. The van der Waals surface area contributed by atoms with Crippen LogP contribution in [-0.4, -0.2) is 43.3 Å². The van der Waals surface area contributed by atoms with Crippen LogP contribution in [0.4, 0.5) is 0 Å². The van der Waals surface area contributed by atoms with Crippen molar-refractivity contribution in [2.45, 2.75) is 148 Å². The van der Waals surface area contributed by atoms with Crippen molar-refractivity contribution in [3.8, 4) is 0 Å². The molecular weight excluding hydrogens is 585 g/mol. The minimum Gasteiger partial charge on any atom is -0.790 e. The molecule has 0 saturated carbocycles. The second-order valence-electron chi connectivity index (χ2n) is 10.4. The molecule has 1 atom stereocenters. The van der Waals surface area contributed by atoms with E-state index in [0.29, 0.717) is 25.3 Å². The first-order valence-electron chi connectivity index (χ1n) is 15.4. The molecule has 0 spiro atoms. The number of unbranched alkanes of at least 4 members (excludes halogenated alkanes) is 18. The van der Waals surface area contributed by atoms with E-state index in [9.17, 15) is 23.9 Å². The average molecular weight is 641 g/mol. The zero-order valence-electron chi connectivity index (χ0n) is 26.5. The van der Waals surface area contributed by atoms with Crippen LogP contribution in [-0.2, 0) is 28.2 Å². The largest absolute Gasteiger partial charge is 1.00 e. The average Bonchev–Trinajstić information content (AvgIpc) is 2.90. The Hall–Kier alpha value is 1.40. The molecule has 0 radical (unpaired) electrons. The summed E-state index contributed by atoms with van der Waals surface area (Å²) in [6.07, 6.45) is 22.9. The van der Waals surface area contributed by atoms with Gasteiger partial charge in [-0.3, -0.25) is 9.59 Å². The summed E-state index contributed by atoms with van der Waals surface area (Å²) in [5, 5.41) is 0. The van der Waals surface area contributed by atoms with Crippen molar-refractivity contribution in [3.63, 3.8) is 0 Å². The van der Waals surface area contributed by atoms with Crippen molar-refractivity contribution in [1.82, 2.24) is 0 Å². The fourth-order valence-corrected chi connectivity index (χ4v) is 5.71. The van der Waals surface area contributed by atoms with E-state index in [2.05, 4.69) is 16.2 Å². The molecule has 0 unspecified atom stereocenters. The maximum Gasteiger partial charge on any atom is 1.00 e. The number of phosphoric ester groups is 1. The topological polar surface area (TPSA) is 125 Å². The molecule has 0 aliphatic heterocycles. The van der Waals surface area contributed by atoms with Crippen molar-refractivity contribution in [2.75, 3.05) is 24.7 Å². The molecule has 0 bridgehead atoms. The summed E-state index contributed by atoms with van der Waals surface area (Å²) in [6.45, 7) is 2.84. The molecular formula is C29H55Na2O8PS. The van der Waals surface area contributed by atoms with Gasteiger partial charge in [-0.2, -0.15) is 11.8 Å². The Kier molecular flexibility index (Phi) is 41.0. The van der Waals surface area contributed by atoms with Crippen LogP contribution in [0.15, 0.2) is 0 Å². The molecule has 0 heterocycles. The summed E-state index contributed by atoms with van der Waals surface area (Å²) >= 11 is 1.60. The van der Waals surface area contributed by atoms with Crippen LogP contribution in [0.2, 0.25) is 0 Å². The minimum absolute atomic E-state index is 0. The zero-order chi connectivity index (χ0) is 28.9. The molecule has 0 aliphatic rings. The zero-order valence-corrected chi connectivity index (χ0v) is 32.2. The van der Waals surface area contributed by atoms with Crippen molar-refractivity contribution in [2.24, 2.45) is 0 Å². The quantitative estimate of drug-likeness (QED) is 0.0357. The molecule has 41 heavy (non-hydrogen) atoms. The van der Waals surface area contributed by atoms with E-state index in [1.54, 1.807) is 11.8 Å². The summed E-state index contributed by atoms with van der Waals surface area (Å²) < 4.78 is 25.4. The molecule has 12 heteroatoms. The van der Waals surface area contributed by atoms with E-state index in [-0.39, 0.29) is 65.1 Å². The number of esters is 1. The van der Waals surface area contributed by atoms with Gasteiger partial charge in [0.15, 0.2) is 0 Å². The molecule has 0 amide bonds. The molecule has 0 rings (SSSR count). The van der Waals surface area contributed by atoms with E-state index in [1.165, 1.54) is 83.5 Å². The number of carbonyl (C=O) groups excluding carboxylic acids is 2. The van der Waals surface area contributed by atoms with E-state index >= 15 is 0 Å². The van der Waals surface area contributed by atoms with Gasteiger partial charge in [-0.1, -0.05) is 116 Å². The molecule has 0 aliphatic carbocycles. The summed E-state index contributed by atoms with van der Waals surface area (Å²) in [6, 6.07) is 0. The number of hydrogen-bond acceptors (Lipinski definition) is 9. The first-order valence-corrected chi connectivity index (χ1v) is 18.0. The monoisotopic (exact) mass is 640 g/mol. The van der Waals surface area contributed by atoms with Crippen LogP contribution >= 0.6 is 19.6 Å². The number of rotatable bonds is 31. The van der Waals surface area contributed by atoms with Gasteiger partial charge >= 0.3 is 65.1 Å². The third kappa shape index (κ3) is 39.4. The van der Waals surface area contributed by atoms with Gasteiger partial charge in [0.25, 0.3) is 6.47 Å². The Morgan fingerprint density at radius 3 is 1.71 bits per heavy atom. The summed E-state index contributed by atoms with van der Waals surface area (Å²) in [5.41, 5.74) is 0. The van der Waals surface area contributed by atoms with Gasteiger partial charge in [0, 0.05) is 12.2 Å². The van der Waals surface area contributed by atoms with Gasteiger partial charge in [-0.15, -0.1) is 0 Å². The van der Waals surface area contributed by atoms with Gasteiger partial charge in [-0.05, 0) is 25.0 Å². The molecule has 0 N–H and O–H groups in total. The minimum atomic E-state index is -5.10. The van der Waals surface area contributed by atoms with E-state index in [1.807, 2.05) is 0 Å². The number of carbonyl (C=O) groups is 2. The van der Waals surface area contributed by atoms with Crippen molar-refractivity contribution >= 4 is 32.0 Å². The molecule has 0 aromatic carbocycles. The van der Waals surface area contributed by atoms with Crippen LogP contribution in [0.3, 0.4) is 0 Å². The molecule has 8 nitrogen and oxygen atoms in total. The van der Waals surface area contributed by atoms with Crippen molar-refractivity contribution in [1.29, 1.82) is 0 Å². The standard InChI is InChI=1S/C29H57O8PS.2Na/c1-2-3-4-5-6-10-13-16-19-22-29(31)37-28(25-36-38(32,33)34)26-39-24-21-18-15-12-9-7-8-11-14-17-20-23-35-27-30;;/h27-28H,2-26H2,1H3,(H2,32,33,34);;/q;2*+1/p-2/t28-;;/m1../s1. The Labute approximate surface area is 299 Å². The van der Waals surface area contributed by atoms with E-state index in [4.69, 9.17) is 4.74 Å². The smallest absolute Gasteiger partial charge is 0.790 e. The van der Waals surface area contributed by atoms with Crippen molar-refractivity contribution < 1.29 is 97.1 Å². The normalized spacial score (nSPS) is 11.8. The molecule has 0 saturated heterocycles. The van der Waals surface area contributed by atoms with Gasteiger partial charge < -0.3 is 28.3 Å². The van der Waals surface area contributed by atoms with Crippen LogP contribution in [0.25, 0.3) is 0 Å². The molecule has 0 aromatic heterocycles. The second-order valence-corrected chi connectivity index (χ2v) is 12.7. The predicted molar refractivity (Wildman–Crippen MR) is 155 cm³/mol. The Morgan fingerprint density at radius 2 is 1.22 bits per heavy atom. The van der Waals surface area contributed by atoms with Crippen LogP contribution in [0, 0.1) is 0 Å². The fourth-order valence-electron chi connectivity index (χ4n) is 4.36. The van der Waals surface area contributed by atoms with Gasteiger partial charge in [0.2, 0.25) is 0 Å². The van der Waals surface area contributed by atoms with Gasteiger partial charge in [0.05, 0.1) is 21.0 Å². The third-order valence-electron chi connectivity index (χ3n) is 6.62. The first kappa shape index (κ1) is 46.8. The number of ether oxygens (including phenoxy) is 2. The molecule has 232 valence electrons. The van der Waals surface area contributed by atoms with Crippen LogP contribution in [0.5, 0.6) is 0 Å². The summed E-state index contributed by atoms with van der Waals surface area (Å²) in [5.74, 6) is 0.961. The Bertz CT molecular complexity index is 613. The number of phosphoric acid groups is 1. The maximum absolute atomic E-state index is 12.2. The van der Waals surface area contributed by atoms with E-state index < -0.39 is 20.5 Å². The number of hydrogen-bond donors (Lipinski definition) is 0. The predicted octanol–water partition coefficient (Wildman–Crippen LogP) is 0.870. The van der Waals surface area contributed by atoms with Gasteiger partial charge in [0.1, 0.15) is 6.10 Å². The maximum atomic E-state index is 12.2. The summed E-state index contributed by atoms with van der Waals surface area (Å²) in [4.78, 5) is 44.1. The third-order valence-corrected chi connectivity index (χ3v) is 8.27. The number of thioether (sulfide) groups is 1. The van der Waals surface area contributed by atoms with E-state index in [0.717, 1.165) is 50.7 Å². The second kappa shape index (κ2) is 35.9. The Morgan fingerprint density at radius 1 is 0.756 bits per heavy atom. The fraction of sp³-hybridized carbons (Fsp3) is 0.931. The molecule has 0 aromatic rings. The van der Waals surface area contributed by atoms with Crippen LogP contribution in [0.1, 0.15) is 142 Å². The van der Waals surface area contributed by atoms with Gasteiger partial charge in [-0.25, -0.2) is 0 Å². The SMILES string of the molecule is CCCCCCCCCCCC(=O)O[C@H](COP(=O)([O-])[O-])CSCCCCCCCCCCCCCOC=O.[Na+].[Na+]. The van der Waals surface area contributed by atoms with Crippen molar-refractivity contribution in [3.05, 3.63) is 0 Å². The molecule has 0 fully saturated rings. The Balaban J connectivity index is -0.00000722. The first-order chi connectivity index (χ1) is 18.9.